The number of carbonyl (C=O) groups excluding carboxylic acids is 1. The highest BCUT2D eigenvalue weighted by molar-refractivity contribution is 6.42. The summed E-state index contributed by atoms with van der Waals surface area (Å²) in [6.45, 7) is 1.72. The first-order valence-corrected chi connectivity index (χ1v) is 8.09. The zero-order chi connectivity index (χ0) is 16.2. The van der Waals surface area contributed by atoms with E-state index in [2.05, 4.69) is 15.2 Å². The maximum Gasteiger partial charge on any atom is 0.291 e. The molecule has 2 heterocycles. The molecule has 0 aliphatic carbocycles. The van der Waals surface area contributed by atoms with Crippen LogP contribution in [0.25, 0.3) is 0 Å². The maximum absolute atomic E-state index is 12.8. The van der Waals surface area contributed by atoms with Crippen molar-refractivity contribution < 1.29 is 9.53 Å². The average molecular weight is 355 g/mol. The minimum Gasteiger partial charge on any atom is -0.381 e. The summed E-state index contributed by atoms with van der Waals surface area (Å²) in [6.07, 6.45) is 2.91. The van der Waals surface area contributed by atoms with Gasteiger partial charge < -0.3 is 9.64 Å². The number of benzene rings is 1. The van der Waals surface area contributed by atoms with Gasteiger partial charge in [-0.05, 0) is 30.5 Å². The molecule has 3 rings (SSSR count). The molecule has 1 aromatic heterocycles. The van der Waals surface area contributed by atoms with Gasteiger partial charge in [0.05, 0.1) is 10.0 Å². The molecule has 0 unspecified atom stereocenters. The highest BCUT2D eigenvalue weighted by Gasteiger charge is 2.28. The molecule has 1 N–H and O–H groups in total. The van der Waals surface area contributed by atoms with Crippen molar-refractivity contribution >= 4 is 29.1 Å². The number of hydrogen-bond acceptors (Lipinski definition) is 4. The lowest BCUT2D eigenvalue weighted by molar-refractivity contribution is 0.0260. The Morgan fingerprint density at radius 1 is 1.30 bits per heavy atom. The molecule has 1 aliphatic heterocycles. The first kappa shape index (κ1) is 16.2. The molecule has 8 heteroatoms. The van der Waals surface area contributed by atoms with E-state index >= 15 is 0 Å². The number of ether oxygens (including phenoxy) is 1. The Labute approximate surface area is 143 Å². The molecule has 1 saturated heterocycles. The van der Waals surface area contributed by atoms with Gasteiger partial charge in [0.2, 0.25) is 5.82 Å². The average Bonchev–Trinajstić information content (AvgIpc) is 3.10. The van der Waals surface area contributed by atoms with E-state index in [9.17, 15) is 4.79 Å². The smallest absolute Gasteiger partial charge is 0.291 e. The van der Waals surface area contributed by atoms with Gasteiger partial charge in [0.15, 0.2) is 0 Å². The summed E-state index contributed by atoms with van der Waals surface area (Å²) < 4.78 is 5.39. The third-order valence-electron chi connectivity index (χ3n) is 3.85. The Morgan fingerprint density at radius 2 is 2.09 bits per heavy atom. The highest BCUT2D eigenvalue weighted by Crippen LogP contribution is 2.25. The predicted molar refractivity (Wildman–Crippen MR) is 86.6 cm³/mol. The van der Waals surface area contributed by atoms with Crippen LogP contribution in [0.3, 0.4) is 0 Å². The minimum absolute atomic E-state index is 0.0933. The highest BCUT2D eigenvalue weighted by atomic mass is 35.5. The third kappa shape index (κ3) is 3.83. The van der Waals surface area contributed by atoms with Gasteiger partial charge in [0.25, 0.3) is 5.91 Å². The van der Waals surface area contributed by atoms with Crippen LogP contribution in [0.5, 0.6) is 0 Å². The lowest BCUT2D eigenvalue weighted by Gasteiger charge is -2.34. The Balaban J connectivity index is 1.84. The van der Waals surface area contributed by atoms with Gasteiger partial charge in [-0.25, -0.2) is 4.98 Å². The first-order chi connectivity index (χ1) is 11.1. The molecule has 1 fully saturated rings. The van der Waals surface area contributed by atoms with Crippen LogP contribution >= 0.6 is 23.2 Å². The zero-order valence-electron chi connectivity index (χ0n) is 12.3. The van der Waals surface area contributed by atoms with E-state index in [0.717, 1.165) is 18.4 Å². The molecule has 0 saturated carbocycles. The third-order valence-corrected chi connectivity index (χ3v) is 4.59. The molecule has 1 amide bonds. The van der Waals surface area contributed by atoms with Crippen molar-refractivity contribution in [1.29, 1.82) is 0 Å². The normalized spacial score (nSPS) is 15.6. The van der Waals surface area contributed by atoms with Gasteiger partial charge >= 0.3 is 0 Å². The Morgan fingerprint density at radius 3 is 2.74 bits per heavy atom. The molecular formula is C15H16Cl2N4O2. The SMILES string of the molecule is O=C(c1ncn[nH]1)N(Cc1ccc(Cl)c(Cl)c1)C1CCOCC1. The summed E-state index contributed by atoms with van der Waals surface area (Å²) in [7, 11) is 0. The molecule has 23 heavy (non-hydrogen) atoms. The van der Waals surface area contributed by atoms with Crippen molar-refractivity contribution in [2.45, 2.75) is 25.4 Å². The number of H-pyrrole nitrogens is 1. The summed E-state index contributed by atoms with van der Waals surface area (Å²) in [6, 6.07) is 5.48. The van der Waals surface area contributed by atoms with Crippen LogP contribution in [0.4, 0.5) is 0 Å². The summed E-state index contributed by atoms with van der Waals surface area (Å²) in [5, 5.41) is 7.36. The van der Waals surface area contributed by atoms with E-state index in [-0.39, 0.29) is 17.8 Å². The van der Waals surface area contributed by atoms with E-state index in [1.54, 1.807) is 17.0 Å². The van der Waals surface area contributed by atoms with Crippen molar-refractivity contribution in [3.8, 4) is 0 Å². The lowest BCUT2D eigenvalue weighted by atomic mass is 10.1. The van der Waals surface area contributed by atoms with Gasteiger partial charge in [-0.1, -0.05) is 29.3 Å². The molecule has 122 valence electrons. The van der Waals surface area contributed by atoms with Crippen molar-refractivity contribution in [2.75, 3.05) is 13.2 Å². The van der Waals surface area contributed by atoms with Gasteiger partial charge in [0, 0.05) is 25.8 Å². The van der Waals surface area contributed by atoms with E-state index in [4.69, 9.17) is 27.9 Å². The van der Waals surface area contributed by atoms with E-state index in [1.165, 1.54) is 6.33 Å². The number of nitrogens with zero attached hydrogens (tertiary/aromatic N) is 3. The molecule has 0 spiro atoms. The predicted octanol–water partition coefficient (Wildman–Crippen LogP) is 2.93. The van der Waals surface area contributed by atoms with Crippen LogP contribution in [0.15, 0.2) is 24.5 Å². The Kier molecular flexibility index (Phi) is 5.15. The summed E-state index contributed by atoms with van der Waals surface area (Å²) in [5.74, 6) is 0.0528. The number of aromatic amines is 1. The zero-order valence-corrected chi connectivity index (χ0v) is 13.8. The number of amides is 1. The number of carbonyl (C=O) groups is 1. The van der Waals surface area contributed by atoms with Crippen LogP contribution in [0.2, 0.25) is 10.0 Å². The van der Waals surface area contributed by atoms with E-state index in [1.807, 2.05) is 6.07 Å². The van der Waals surface area contributed by atoms with Crippen LogP contribution in [-0.2, 0) is 11.3 Å². The second-order valence-electron chi connectivity index (χ2n) is 5.36. The number of nitrogens with one attached hydrogen (secondary N) is 1. The van der Waals surface area contributed by atoms with Gasteiger partial charge in [-0.2, -0.15) is 5.10 Å². The summed E-state index contributed by atoms with van der Waals surface area (Å²) in [5.41, 5.74) is 0.916. The maximum atomic E-state index is 12.8. The number of aromatic nitrogens is 3. The van der Waals surface area contributed by atoms with Crippen LogP contribution in [0, 0.1) is 0 Å². The van der Waals surface area contributed by atoms with Crippen molar-refractivity contribution in [3.05, 3.63) is 46.0 Å². The molecule has 2 aromatic rings. The summed E-state index contributed by atoms with van der Waals surface area (Å²) >= 11 is 12.0. The molecule has 1 aromatic carbocycles. The lowest BCUT2D eigenvalue weighted by Crippen LogP contribution is -2.43. The standard InChI is InChI=1S/C15H16Cl2N4O2/c16-12-2-1-10(7-13(12)17)8-21(11-3-5-23-6-4-11)15(22)14-18-9-19-20-14/h1-2,7,9,11H,3-6,8H2,(H,18,19,20). The van der Waals surface area contributed by atoms with Crippen molar-refractivity contribution in [3.63, 3.8) is 0 Å². The number of halogens is 2. The molecular weight excluding hydrogens is 339 g/mol. The fraction of sp³-hybridized carbons (Fsp3) is 0.400. The van der Waals surface area contributed by atoms with Crippen molar-refractivity contribution in [2.24, 2.45) is 0 Å². The van der Waals surface area contributed by atoms with Gasteiger partial charge in [0.1, 0.15) is 6.33 Å². The van der Waals surface area contributed by atoms with Gasteiger partial charge in [-0.15, -0.1) is 0 Å². The second-order valence-corrected chi connectivity index (χ2v) is 6.17. The summed E-state index contributed by atoms with van der Waals surface area (Å²) in [4.78, 5) is 18.5. The molecule has 1 aliphatic rings. The van der Waals surface area contributed by atoms with Crippen molar-refractivity contribution in [1.82, 2.24) is 20.1 Å². The first-order valence-electron chi connectivity index (χ1n) is 7.33. The second kappa shape index (κ2) is 7.29. The van der Waals surface area contributed by atoms with Crippen LogP contribution in [0.1, 0.15) is 29.0 Å². The fourth-order valence-corrected chi connectivity index (χ4v) is 2.96. The molecule has 0 bridgehead atoms. The quantitative estimate of drug-likeness (QED) is 0.916. The molecule has 0 radical (unpaired) electrons. The van der Waals surface area contributed by atoms with Crippen LogP contribution < -0.4 is 0 Å². The number of hydrogen-bond donors (Lipinski definition) is 1. The van der Waals surface area contributed by atoms with E-state index < -0.39 is 0 Å². The molecule has 6 nitrogen and oxygen atoms in total. The topological polar surface area (TPSA) is 71.1 Å². The van der Waals surface area contributed by atoms with Crippen LogP contribution in [-0.4, -0.2) is 45.2 Å². The monoisotopic (exact) mass is 354 g/mol. The Hall–Kier alpha value is -1.63. The Bertz CT molecular complexity index is 672. The minimum atomic E-state index is -0.180. The van der Waals surface area contributed by atoms with E-state index in [0.29, 0.717) is 29.8 Å². The fourth-order valence-electron chi connectivity index (χ4n) is 2.64. The largest absolute Gasteiger partial charge is 0.381 e. The molecule has 0 atom stereocenters. The number of rotatable bonds is 4. The van der Waals surface area contributed by atoms with Gasteiger partial charge in [-0.3, -0.25) is 9.89 Å².